The Kier molecular flexibility index (Phi) is 7.22. The number of hydrogen-bond acceptors (Lipinski definition) is 7. The molecular formula is C24H30ClFN6O3. The maximum atomic E-state index is 13.5. The fourth-order valence-electron chi connectivity index (χ4n) is 4.77. The smallest absolute Gasteiger partial charge is 0.318 e. The first kappa shape index (κ1) is 24.0. The first-order chi connectivity index (χ1) is 16.9. The lowest BCUT2D eigenvalue weighted by atomic mass is 10.1. The summed E-state index contributed by atoms with van der Waals surface area (Å²) in [4.78, 5) is 26.2. The molecule has 3 aliphatic heterocycles. The van der Waals surface area contributed by atoms with Gasteiger partial charge in [0.1, 0.15) is 17.7 Å². The van der Waals surface area contributed by atoms with Gasteiger partial charge >= 0.3 is 6.03 Å². The first-order valence-electron chi connectivity index (χ1n) is 12.0. The monoisotopic (exact) mass is 504 g/mol. The van der Waals surface area contributed by atoms with Gasteiger partial charge in [0.05, 0.1) is 23.3 Å². The molecule has 0 spiro atoms. The third-order valence-electron chi connectivity index (χ3n) is 6.72. The number of nitrogens with one attached hydrogen (secondary N) is 2. The Balaban J connectivity index is 1.21. The predicted octanol–water partition coefficient (Wildman–Crippen LogP) is 2.69. The molecule has 2 amide bonds. The molecule has 4 heterocycles. The summed E-state index contributed by atoms with van der Waals surface area (Å²) in [7, 11) is 1.97. The fourth-order valence-corrected chi connectivity index (χ4v) is 4.94. The number of hydrogen-bond donors (Lipinski definition) is 2. The number of carbonyl (C=O) groups excluding carboxylic acids is 1. The van der Waals surface area contributed by atoms with Gasteiger partial charge < -0.3 is 29.9 Å². The van der Waals surface area contributed by atoms with Crippen LogP contribution in [-0.2, 0) is 17.7 Å². The lowest BCUT2D eigenvalue weighted by Crippen LogP contribution is -2.51. The Morgan fingerprint density at radius 3 is 2.91 bits per heavy atom. The largest absolute Gasteiger partial charge is 0.487 e. The van der Waals surface area contributed by atoms with E-state index in [2.05, 4.69) is 20.5 Å². The van der Waals surface area contributed by atoms with Crippen molar-refractivity contribution in [3.63, 3.8) is 0 Å². The average molecular weight is 505 g/mol. The number of anilines is 1. The number of amides is 2. The third-order valence-corrected chi connectivity index (χ3v) is 7.01. The van der Waals surface area contributed by atoms with Crippen LogP contribution in [0, 0.1) is 5.82 Å². The summed E-state index contributed by atoms with van der Waals surface area (Å²) in [5.41, 5.74) is 1.94. The van der Waals surface area contributed by atoms with Crippen molar-refractivity contribution in [3.8, 4) is 5.75 Å². The van der Waals surface area contributed by atoms with Crippen LogP contribution in [-0.4, -0.2) is 83.9 Å². The van der Waals surface area contributed by atoms with Gasteiger partial charge in [0, 0.05) is 51.2 Å². The number of fused-ring (bicyclic) bond motifs is 1. The molecule has 1 aromatic heterocycles. The Morgan fingerprint density at radius 1 is 1.29 bits per heavy atom. The molecule has 0 unspecified atom stereocenters. The van der Waals surface area contributed by atoms with Crippen molar-refractivity contribution in [3.05, 3.63) is 46.5 Å². The molecule has 188 valence electrons. The molecule has 0 bridgehead atoms. The Bertz CT molecular complexity index is 1070. The number of halogens is 2. The number of carbonyl (C=O) groups is 1. The molecule has 2 atom stereocenters. The van der Waals surface area contributed by atoms with Crippen LogP contribution >= 0.6 is 11.6 Å². The maximum absolute atomic E-state index is 13.5. The number of aromatic nitrogens is 2. The van der Waals surface area contributed by atoms with Gasteiger partial charge in [-0.15, -0.1) is 0 Å². The van der Waals surface area contributed by atoms with E-state index in [1.165, 1.54) is 12.1 Å². The molecule has 2 fully saturated rings. The van der Waals surface area contributed by atoms with Crippen LogP contribution in [0.4, 0.5) is 15.1 Å². The predicted molar refractivity (Wildman–Crippen MR) is 129 cm³/mol. The Labute approximate surface area is 208 Å². The zero-order valence-electron chi connectivity index (χ0n) is 19.7. The molecular weight excluding hydrogens is 475 g/mol. The number of likely N-dealkylation sites (tertiary alicyclic amines) is 1. The van der Waals surface area contributed by atoms with Crippen LogP contribution in [0.3, 0.4) is 0 Å². The second kappa shape index (κ2) is 10.5. The highest BCUT2D eigenvalue weighted by Gasteiger charge is 2.35. The third kappa shape index (κ3) is 5.76. The normalized spacial score (nSPS) is 23.1. The van der Waals surface area contributed by atoms with Crippen LogP contribution in [0.1, 0.15) is 24.1 Å². The highest BCUT2D eigenvalue weighted by molar-refractivity contribution is 6.30. The molecule has 2 aromatic rings. The van der Waals surface area contributed by atoms with Crippen LogP contribution < -0.4 is 15.4 Å². The number of nitrogens with zero attached hydrogens (tertiary/aromatic N) is 4. The minimum absolute atomic E-state index is 0.00841. The molecule has 0 aliphatic carbocycles. The van der Waals surface area contributed by atoms with Crippen molar-refractivity contribution in [2.24, 2.45) is 0 Å². The van der Waals surface area contributed by atoms with Gasteiger partial charge in [-0.25, -0.2) is 19.2 Å². The molecule has 3 aliphatic rings. The summed E-state index contributed by atoms with van der Waals surface area (Å²) in [6.45, 7) is 3.79. The van der Waals surface area contributed by atoms with E-state index in [0.29, 0.717) is 50.3 Å². The number of urea groups is 1. The van der Waals surface area contributed by atoms with Crippen LogP contribution in [0.2, 0.25) is 5.02 Å². The van der Waals surface area contributed by atoms with Gasteiger partial charge in [-0.05, 0) is 44.0 Å². The molecule has 5 rings (SSSR count). The van der Waals surface area contributed by atoms with Crippen LogP contribution in [0.5, 0.6) is 5.75 Å². The van der Waals surface area contributed by atoms with Crippen molar-refractivity contribution in [1.29, 1.82) is 0 Å². The van der Waals surface area contributed by atoms with Crippen molar-refractivity contribution in [2.75, 3.05) is 45.2 Å². The van der Waals surface area contributed by atoms with Crippen LogP contribution in [0.15, 0.2) is 24.4 Å². The van der Waals surface area contributed by atoms with E-state index >= 15 is 0 Å². The van der Waals surface area contributed by atoms with Crippen molar-refractivity contribution in [2.45, 2.75) is 44.0 Å². The summed E-state index contributed by atoms with van der Waals surface area (Å²) < 4.78 is 25.0. The summed E-state index contributed by atoms with van der Waals surface area (Å²) in [6, 6.07) is 4.22. The summed E-state index contributed by atoms with van der Waals surface area (Å²) in [6.07, 6.45) is 4.15. The van der Waals surface area contributed by atoms with Crippen molar-refractivity contribution < 1.29 is 18.7 Å². The average Bonchev–Trinajstić information content (AvgIpc) is 3.19. The molecule has 0 radical (unpaired) electrons. The highest BCUT2D eigenvalue weighted by atomic mass is 35.5. The van der Waals surface area contributed by atoms with E-state index in [0.717, 1.165) is 37.3 Å². The van der Waals surface area contributed by atoms with Crippen molar-refractivity contribution >= 4 is 23.6 Å². The van der Waals surface area contributed by atoms with Crippen LogP contribution in [0.25, 0.3) is 0 Å². The topological polar surface area (TPSA) is 91.9 Å². The van der Waals surface area contributed by atoms with Gasteiger partial charge in [-0.3, -0.25) is 0 Å². The van der Waals surface area contributed by atoms with Gasteiger partial charge in [-0.2, -0.15) is 0 Å². The molecule has 2 N–H and O–H groups in total. The molecule has 2 saturated heterocycles. The van der Waals surface area contributed by atoms with E-state index in [4.69, 9.17) is 26.1 Å². The van der Waals surface area contributed by atoms with E-state index in [9.17, 15) is 9.18 Å². The molecule has 35 heavy (non-hydrogen) atoms. The zero-order chi connectivity index (χ0) is 24.4. The second-order valence-corrected chi connectivity index (χ2v) is 9.78. The number of rotatable bonds is 5. The lowest BCUT2D eigenvalue weighted by molar-refractivity contribution is 0.0903. The standard InChI is InChI=1S/C24H30ClFN6O3/c1-31-12-21(22(14-31)35-17-2-3-19(26)18(25)10-17)30-24(33)32-7-4-15-11-27-23(29-20(15)13-32)28-16-5-8-34-9-6-16/h2-3,10-11,16,21-22H,4-9,12-14H2,1H3,(H,30,33)(H,27,28,29)/t21-,22+/m1/s1. The molecule has 9 nitrogen and oxygen atoms in total. The van der Waals surface area contributed by atoms with Crippen molar-refractivity contribution in [1.82, 2.24) is 25.1 Å². The van der Waals surface area contributed by atoms with E-state index in [1.807, 2.05) is 13.2 Å². The van der Waals surface area contributed by atoms with Gasteiger partial charge in [0.15, 0.2) is 0 Å². The maximum Gasteiger partial charge on any atom is 0.318 e. The molecule has 11 heteroatoms. The number of benzene rings is 1. The first-order valence-corrected chi connectivity index (χ1v) is 12.4. The van der Waals surface area contributed by atoms with E-state index in [1.54, 1.807) is 11.0 Å². The quantitative estimate of drug-likeness (QED) is 0.647. The molecule has 1 aromatic carbocycles. The van der Waals surface area contributed by atoms with Gasteiger partial charge in [0.2, 0.25) is 5.95 Å². The summed E-state index contributed by atoms with van der Waals surface area (Å²) in [5, 5.41) is 6.53. The minimum atomic E-state index is -0.493. The SMILES string of the molecule is CN1C[C@H](Oc2ccc(F)c(Cl)c2)[C@H](NC(=O)N2CCc3cnc(NC4CCOCC4)nc3C2)C1. The number of likely N-dealkylation sites (N-methyl/N-ethyl adjacent to an activating group) is 1. The Morgan fingerprint density at radius 2 is 2.11 bits per heavy atom. The zero-order valence-corrected chi connectivity index (χ0v) is 20.4. The summed E-state index contributed by atoms with van der Waals surface area (Å²) >= 11 is 5.89. The van der Waals surface area contributed by atoms with Gasteiger partial charge in [0.25, 0.3) is 0 Å². The van der Waals surface area contributed by atoms with E-state index in [-0.39, 0.29) is 23.2 Å². The second-order valence-electron chi connectivity index (χ2n) is 9.38. The number of ether oxygens (including phenoxy) is 2. The highest BCUT2D eigenvalue weighted by Crippen LogP contribution is 2.25. The minimum Gasteiger partial charge on any atom is -0.487 e. The van der Waals surface area contributed by atoms with Gasteiger partial charge in [-0.1, -0.05) is 11.6 Å². The summed E-state index contributed by atoms with van der Waals surface area (Å²) in [5.74, 6) is 0.582. The van der Waals surface area contributed by atoms with E-state index < -0.39 is 5.82 Å². The lowest BCUT2D eigenvalue weighted by Gasteiger charge is -2.31. The fraction of sp³-hybridized carbons (Fsp3) is 0.542. The Hall–Kier alpha value is -2.69. The molecule has 0 saturated carbocycles.